The summed E-state index contributed by atoms with van der Waals surface area (Å²) in [7, 11) is 1.61. The zero-order valence-corrected chi connectivity index (χ0v) is 10.7. The molecule has 0 radical (unpaired) electrons. The Labute approximate surface area is 102 Å². The summed E-state index contributed by atoms with van der Waals surface area (Å²) in [4.78, 5) is 8.80. The van der Waals surface area contributed by atoms with Gasteiger partial charge in [-0.15, -0.1) is 0 Å². The standard InChI is InChI=1S/C12H20N4O/c1-8(2)6-14-11-9-7-13-5-4-10(9)15-12(16-11)17-3/h8,13H,4-7H2,1-3H3,(H,14,15,16). The summed E-state index contributed by atoms with van der Waals surface area (Å²) in [5, 5.41) is 6.72. The quantitative estimate of drug-likeness (QED) is 0.822. The molecule has 2 rings (SSSR count). The van der Waals surface area contributed by atoms with Crippen molar-refractivity contribution in [1.29, 1.82) is 0 Å². The number of nitrogens with zero attached hydrogens (tertiary/aromatic N) is 2. The second kappa shape index (κ2) is 5.31. The van der Waals surface area contributed by atoms with E-state index in [1.807, 2.05) is 0 Å². The molecule has 94 valence electrons. The Kier molecular flexibility index (Phi) is 3.78. The fourth-order valence-corrected chi connectivity index (χ4v) is 1.86. The van der Waals surface area contributed by atoms with Crippen molar-refractivity contribution in [3.8, 4) is 6.01 Å². The molecule has 0 fully saturated rings. The van der Waals surface area contributed by atoms with Crippen LogP contribution in [0.3, 0.4) is 0 Å². The number of aromatic nitrogens is 2. The number of nitrogens with one attached hydrogen (secondary N) is 2. The molecular formula is C12H20N4O. The molecule has 5 heteroatoms. The van der Waals surface area contributed by atoms with Crippen LogP contribution in [0, 0.1) is 5.92 Å². The average molecular weight is 236 g/mol. The van der Waals surface area contributed by atoms with Gasteiger partial charge in [-0.2, -0.15) is 9.97 Å². The van der Waals surface area contributed by atoms with Crippen molar-refractivity contribution < 1.29 is 4.74 Å². The van der Waals surface area contributed by atoms with E-state index >= 15 is 0 Å². The van der Waals surface area contributed by atoms with Gasteiger partial charge in [0.05, 0.1) is 12.8 Å². The normalized spacial score (nSPS) is 14.6. The number of anilines is 1. The summed E-state index contributed by atoms with van der Waals surface area (Å²) in [5.41, 5.74) is 2.28. The number of rotatable bonds is 4. The maximum absolute atomic E-state index is 5.15. The number of hydrogen-bond donors (Lipinski definition) is 2. The number of methoxy groups -OCH3 is 1. The molecule has 0 atom stereocenters. The fourth-order valence-electron chi connectivity index (χ4n) is 1.86. The zero-order valence-electron chi connectivity index (χ0n) is 10.7. The van der Waals surface area contributed by atoms with Gasteiger partial charge in [-0.3, -0.25) is 0 Å². The highest BCUT2D eigenvalue weighted by Gasteiger charge is 2.17. The van der Waals surface area contributed by atoms with Crippen LogP contribution in [-0.2, 0) is 13.0 Å². The van der Waals surface area contributed by atoms with E-state index in [0.29, 0.717) is 11.9 Å². The molecule has 0 saturated heterocycles. The Hall–Kier alpha value is -1.36. The van der Waals surface area contributed by atoms with Crippen LogP contribution in [0.1, 0.15) is 25.1 Å². The van der Waals surface area contributed by atoms with Gasteiger partial charge in [0.1, 0.15) is 5.82 Å². The van der Waals surface area contributed by atoms with E-state index in [4.69, 9.17) is 4.74 Å². The monoisotopic (exact) mass is 236 g/mol. The first-order chi connectivity index (χ1) is 8.20. The summed E-state index contributed by atoms with van der Waals surface area (Å²) < 4.78 is 5.15. The Balaban J connectivity index is 2.27. The lowest BCUT2D eigenvalue weighted by Gasteiger charge is -2.20. The predicted molar refractivity (Wildman–Crippen MR) is 67.3 cm³/mol. The zero-order chi connectivity index (χ0) is 12.3. The highest BCUT2D eigenvalue weighted by molar-refractivity contribution is 5.48. The van der Waals surface area contributed by atoms with Gasteiger partial charge in [0.2, 0.25) is 0 Å². The first-order valence-corrected chi connectivity index (χ1v) is 6.09. The Morgan fingerprint density at radius 1 is 1.41 bits per heavy atom. The molecule has 17 heavy (non-hydrogen) atoms. The van der Waals surface area contributed by atoms with E-state index in [0.717, 1.165) is 37.6 Å². The van der Waals surface area contributed by atoms with Gasteiger partial charge in [0.25, 0.3) is 0 Å². The first-order valence-electron chi connectivity index (χ1n) is 6.09. The van der Waals surface area contributed by atoms with Crippen molar-refractivity contribution in [3.05, 3.63) is 11.3 Å². The van der Waals surface area contributed by atoms with Gasteiger partial charge in [-0.25, -0.2) is 0 Å². The third-order valence-corrected chi connectivity index (χ3v) is 2.77. The first kappa shape index (κ1) is 12.1. The van der Waals surface area contributed by atoms with Crippen molar-refractivity contribution >= 4 is 5.82 Å². The molecule has 0 saturated carbocycles. The summed E-state index contributed by atoms with van der Waals surface area (Å²) in [6.45, 7) is 7.06. The Morgan fingerprint density at radius 3 is 2.94 bits per heavy atom. The molecule has 5 nitrogen and oxygen atoms in total. The van der Waals surface area contributed by atoms with Crippen molar-refractivity contribution in [2.45, 2.75) is 26.8 Å². The summed E-state index contributed by atoms with van der Waals surface area (Å²) in [5.74, 6) is 1.50. The molecule has 0 spiro atoms. The van der Waals surface area contributed by atoms with Gasteiger partial charge in [-0.1, -0.05) is 13.8 Å². The number of hydrogen-bond acceptors (Lipinski definition) is 5. The average Bonchev–Trinajstić information content (AvgIpc) is 2.35. The molecule has 0 aliphatic carbocycles. The Bertz CT molecular complexity index is 392. The van der Waals surface area contributed by atoms with Crippen LogP contribution >= 0.6 is 0 Å². The molecule has 0 aromatic carbocycles. The maximum Gasteiger partial charge on any atom is 0.318 e. The Morgan fingerprint density at radius 2 is 2.24 bits per heavy atom. The maximum atomic E-state index is 5.15. The molecule has 0 unspecified atom stereocenters. The van der Waals surface area contributed by atoms with Crippen molar-refractivity contribution in [2.24, 2.45) is 5.92 Å². The molecule has 1 aromatic rings. The van der Waals surface area contributed by atoms with E-state index in [2.05, 4.69) is 34.4 Å². The molecule has 1 aliphatic heterocycles. The molecule has 0 amide bonds. The van der Waals surface area contributed by atoms with Gasteiger partial charge in [-0.05, 0) is 5.92 Å². The van der Waals surface area contributed by atoms with Gasteiger partial charge >= 0.3 is 6.01 Å². The topological polar surface area (TPSA) is 59.1 Å². The van der Waals surface area contributed by atoms with E-state index < -0.39 is 0 Å². The third-order valence-electron chi connectivity index (χ3n) is 2.77. The molecule has 1 aromatic heterocycles. The SMILES string of the molecule is COc1nc2c(c(NCC(C)C)n1)CNCC2. The summed E-state index contributed by atoms with van der Waals surface area (Å²) in [6, 6.07) is 0.455. The van der Waals surface area contributed by atoms with Crippen LogP contribution in [0.25, 0.3) is 0 Å². The minimum absolute atomic E-state index is 0.455. The lowest BCUT2D eigenvalue weighted by molar-refractivity contribution is 0.376. The lowest BCUT2D eigenvalue weighted by atomic mass is 10.1. The molecule has 0 bridgehead atoms. The summed E-state index contributed by atoms with van der Waals surface area (Å²) >= 11 is 0. The second-order valence-electron chi connectivity index (χ2n) is 4.69. The van der Waals surface area contributed by atoms with Gasteiger partial charge in [0, 0.05) is 31.6 Å². The van der Waals surface area contributed by atoms with Crippen LogP contribution in [0.15, 0.2) is 0 Å². The summed E-state index contributed by atoms with van der Waals surface area (Å²) in [6.07, 6.45) is 0.935. The largest absolute Gasteiger partial charge is 0.467 e. The van der Waals surface area contributed by atoms with Crippen molar-refractivity contribution in [3.63, 3.8) is 0 Å². The van der Waals surface area contributed by atoms with Crippen LogP contribution in [-0.4, -0.2) is 30.2 Å². The minimum Gasteiger partial charge on any atom is -0.467 e. The predicted octanol–water partition coefficient (Wildman–Crippen LogP) is 1.20. The molecule has 1 aliphatic rings. The molecule has 2 heterocycles. The van der Waals surface area contributed by atoms with Gasteiger partial charge < -0.3 is 15.4 Å². The van der Waals surface area contributed by atoms with Crippen LogP contribution in [0.5, 0.6) is 6.01 Å². The second-order valence-corrected chi connectivity index (χ2v) is 4.69. The fraction of sp³-hybridized carbons (Fsp3) is 0.667. The number of fused-ring (bicyclic) bond motifs is 1. The van der Waals surface area contributed by atoms with E-state index in [1.54, 1.807) is 7.11 Å². The van der Waals surface area contributed by atoms with Crippen LogP contribution in [0.2, 0.25) is 0 Å². The van der Waals surface area contributed by atoms with Crippen LogP contribution < -0.4 is 15.4 Å². The van der Waals surface area contributed by atoms with E-state index in [-0.39, 0.29) is 0 Å². The highest BCUT2D eigenvalue weighted by Crippen LogP contribution is 2.22. The smallest absolute Gasteiger partial charge is 0.318 e. The van der Waals surface area contributed by atoms with Crippen molar-refractivity contribution in [1.82, 2.24) is 15.3 Å². The van der Waals surface area contributed by atoms with E-state index in [1.165, 1.54) is 5.56 Å². The number of ether oxygens (including phenoxy) is 1. The van der Waals surface area contributed by atoms with Gasteiger partial charge in [0.15, 0.2) is 0 Å². The third kappa shape index (κ3) is 2.85. The molecule has 2 N–H and O–H groups in total. The molecular weight excluding hydrogens is 216 g/mol. The van der Waals surface area contributed by atoms with Crippen LogP contribution in [0.4, 0.5) is 5.82 Å². The lowest BCUT2D eigenvalue weighted by Crippen LogP contribution is -2.27. The van der Waals surface area contributed by atoms with Crippen molar-refractivity contribution in [2.75, 3.05) is 25.5 Å². The van der Waals surface area contributed by atoms with E-state index in [9.17, 15) is 0 Å². The highest BCUT2D eigenvalue weighted by atomic mass is 16.5. The minimum atomic E-state index is 0.455.